The molecule has 16 heavy (non-hydrogen) atoms. The Balaban J connectivity index is 2.54. The molecule has 0 bridgehead atoms. The summed E-state index contributed by atoms with van der Waals surface area (Å²) in [6.45, 7) is 9.03. The van der Waals surface area contributed by atoms with E-state index in [0.717, 1.165) is 13.1 Å². The van der Waals surface area contributed by atoms with Gasteiger partial charge in [0, 0.05) is 13.1 Å². The Kier molecular flexibility index (Phi) is 4.33. The maximum atomic E-state index is 11.9. The topological polar surface area (TPSA) is 32.8 Å². The maximum Gasteiger partial charge on any atom is 0.236 e. The third kappa shape index (κ3) is 3.76. The molecule has 0 aromatic heterocycles. The van der Waals surface area contributed by atoms with Gasteiger partial charge in [-0.2, -0.15) is 0 Å². The van der Waals surface area contributed by atoms with E-state index in [1.165, 1.54) is 0 Å². The lowest BCUT2D eigenvalue weighted by Gasteiger charge is -2.39. The quantitative estimate of drug-likeness (QED) is 0.701. The number of hydrogen-bond donors (Lipinski definition) is 0. The molecule has 4 heteroatoms. The normalized spacial score (nSPS) is 22.6. The van der Waals surface area contributed by atoms with E-state index in [4.69, 9.17) is 4.74 Å². The smallest absolute Gasteiger partial charge is 0.236 e. The summed E-state index contributed by atoms with van der Waals surface area (Å²) in [4.78, 5) is 15.7. The summed E-state index contributed by atoms with van der Waals surface area (Å²) in [5, 5.41) is 0. The fourth-order valence-electron chi connectivity index (χ4n) is 1.77. The van der Waals surface area contributed by atoms with Crippen LogP contribution in [0.3, 0.4) is 0 Å². The predicted molar refractivity (Wildman–Crippen MR) is 64.3 cm³/mol. The molecule has 1 heterocycles. The van der Waals surface area contributed by atoms with E-state index in [2.05, 4.69) is 20.8 Å². The number of ether oxygens (including phenoxy) is 1. The lowest BCUT2D eigenvalue weighted by Crippen LogP contribution is -2.51. The van der Waals surface area contributed by atoms with Gasteiger partial charge in [0.15, 0.2) is 0 Å². The Morgan fingerprint density at radius 1 is 1.44 bits per heavy atom. The van der Waals surface area contributed by atoms with Crippen LogP contribution in [0, 0.1) is 5.41 Å². The minimum atomic E-state index is 0.0943. The fourth-order valence-corrected chi connectivity index (χ4v) is 1.77. The highest BCUT2D eigenvalue weighted by molar-refractivity contribution is 5.78. The van der Waals surface area contributed by atoms with Gasteiger partial charge in [-0.1, -0.05) is 20.8 Å². The van der Waals surface area contributed by atoms with E-state index in [0.29, 0.717) is 13.2 Å². The zero-order valence-corrected chi connectivity index (χ0v) is 11.1. The molecule has 1 saturated heterocycles. The highest BCUT2D eigenvalue weighted by atomic mass is 16.5. The van der Waals surface area contributed by atoms with Crippen molar-refractivity contribution in [2.75, 3.05) is 40.3 Å². The van der Waals surface area contributed by atoms with E-state index >= 15 is 0 Å². The summed E-state index contributed by atoms with van der Waals surface area (Å²) in [7, 11) is 3.83. The Labute approximate surface area is 98.5 Å². The monoisotopic (exact) mass is 228 g/mol. The van der Waals surface area contributed by atoms with Crippen molar-refractivity contribution >= 4 is 5.91 Å². The number of carbonyl (C=O) groups is 1. The van der Waals surface area contributed by atoms with E-state index in [-0.39, 0.29) is 17.4 Å². The van der Waals surface area contributed by atoms with E-state index < -0.39 is 0 Å². The average molecular weight is 228 g/mol. The third-order valence-corrected chi connectivity index (χ3v) is 2.84. The van der Waals surface area contributed by atoms with E-state index in [1.807, 2.05) is 23.9 Å². The van der Waals surface area contributed by atoms with E-state index in [1.54, 1.807) is 0 Å². The summed E-state index contributed by atoms with van der Waals surface area (Å²) < 4.78 is 5.72. The number of nitrogens with zero attached hydrogens (tertiary/aromatic N) is 2. The van der Waals surface area contributed by atoms with Crippen LogP contribution < -0.4 is 0 Å². The molecule has 94 valence electrons. The molecule has 1 amide bonds. The molecule has 1 fully saturated rings. The van der Waals surface area contributed by atoms with Gasteiger partial charge in [-0.25, -0.2) is 0 Å². The van der Waals surface area contributed by atoms with Gasteiger partial charge in [0.1, 0.15) is 0 Å². The molecule has 0 radical (unpaired) electrons. The van der Waals surface area contributed by atoms with Crippen molar-refractivity contribution in [3.8, 4) is 0 Å². The molecule has 1 unspecified atom stereocenters. The van der Waals surface area contributed by atoms with Crippen molar-refractivity contribution in [1.29, 1.82) is 0 Å². The van der Waals surface area contributed by atoms with E-state index in [9.17, 15) is 4.79 Å². The highest BCUT2D eigenvalue weighted by Crippen LogP contribution is 2.25. The minimum absolute atomic E-state index is 0.0943. The molecule has 0 aliphatic carbocycles. The van der Waals surface area contributed by atoms with Gasteiger partial charge in [0.2, 0.25) is 5.91 Å². The van der Waals surface area contributed by atoms with Gasteiger partial charge in [-0.3, -0.25) is 4.79 Å². The van der Waals surface area contributed by atoms with Crippen LogP contribution in [0.25, 0.3) is 0 Å². The first-order valence-electron chi connectivity index (χ1n) is 5.85. The van der Waals surface area contributed by atoms with Crippen molar-refractivity contribution in [2.24, 2.45) is 5.41 Å². The Morgan fingerprint density at radius 3 is 2.56 bits per heavy atom. The zero-order chi connectivity index (χ0) is 12.3. The first-order valence-corrected chi connectivity index (χ1v) is 5.85. The molecular weight excluding hydrogens is 204 g/mol. The second kappa shape index (κ2) is 5.15. The third-order valence-electron chi connectivity index (χ3n) is 2.84. The number of carbonyl (C=O) groups excluding carboxylic acids is 1. The standard InChI is InChI=1S/C12H24N2O2/c1-12(2,3)10-8-14(6-7-16-10)11(15)9-13(4)5/h10H,6-9H2,1-5H3. The molecular formula is C12H24N2O2. The maximum absolute atomic E-state index is 11.9. The first kappa shape index (κ1) is 13.5. The molecule has 1 aliphatic rings. The Hall–Kier alpha value is -0.610. The summed E-state index contributed by atoms with van der Waals surface area (Å²) in [6.07, 6.45) is 0.146. The molecule has 1 aliphatic heterocycles. The molecule has 0 saturated carbocycles. The van der Waals surface area contributed by atoms with Crippen molar-refractivity contribution in [3.63, 3.8) is 0 Å². The van der Waals surface area contributed by atoms with Crippen LogP contribution in [0.4, 0.5) is 0 Å². The van der Waals surface area contributed by atoms with Gasteiger partial charge in [0.05, 0.1) is 19.3 Å². The van der Waals surface area contributed by atoms with Crippen molar-refractivity contribution in [1.82, 2.24) is 9.80 Å². The number of morpholine rings is 1. The Morgan fingerprint density at radius 2 is 2.06 bits per heavy atom. The SMILES string of the molecule is CN(C)CC(=O)N1CCOC(C(C)(C)C)C1. The summed E-state index contributed by atoms with van der Waals surface area (Å²) in [5.74, 6) is 0.197. The number of amides is 1. The molecule has 4 nitrogen and oxygen atoms in total. The van der Waals surface area contributed by atoms with Gasteiger partial charge >= 0.3 is 0 Å². The lowest BCUT2D eigenvalue weighted by atomic mass is 9.88. The summed E-state index contributed by atoms with van der Waals surface area (Å²) in [6, 6.07) is 0. The molecule has 0 aromatic rings. The molecule has 0 N–H and O–H groups in total. The van der Waals surface area contributed by atoms with Crippen LogP contribution in [-0.2, 0) is 9.53 Å². The summed E-state index contributed by atoms with van der Waals surface area (Å²) >= 11 is 0. The number of rotatable bonds is 2. The average Bonchev–Trinajstić information content (AvgIpc) is 2.15. The second-order valence-electron chi connectivity index (χ2n) is 5.80. The zero-order valence-electron chi connectivity index (χ0n) is 11.1. The van der Waals surface area contributed by atoms with Crippen LogP contribution >= 0.6 is 0 Å². The van der Waals surface area contributed by atoms with Gasteiger partial charge in [-0.15, -0.1) is 0 Å². The molecule has 1 atom stereocenters. The lowest BCUT2D eigenvalue weighted by molar-refractivity contribution is -0.144. The molecule has 0 aromatic carbocycles. The minimum Gasteiger partial charge on any atom is -0.374 e. The van der Waals surface area contributed by atoms with Gasteiger partial charge in [0.25, 0.3) is 0 Å². The van der Waals surface area contributed by atoms with Crippen LogP contribution in [0.5, 0.6) is 0 Å². The van der Waals surface area contributed by atoms with Crippen molar-refractivity contribution in [2.45, 2.75) is 26.9 Å². The molecule has 0 spiro atoms. The predicted octanol–water partition coefficient (Wildman–Crippen LogP) is 0.821. The van der Waals surface area contributed by atoms with Crippen molar-refractivity contribution in [3.05, 3.63) is 0 Å². The van der Waals surface area contributed by atoms with Gasteiger partial charge in [-0.05, 0) is 19.5 Å². The van der Waals surface area contributed by atoms with Crippen LogP contribution in [-0.4, -0.2) is 62.1 Å². The van der Waals surface area contributed by atoms with Crippen LogP contribution in [0.1, 0.15) is 20.8 Å². The largest absolute Gasteiger partial charge is 0.374 e. The summed E-state index contributed by atoms with van der Waals surface area (Å²) in [5.41, 5.74) is 0.0943. The van der Waals surface area contributed by atoms with Crippen LogP contribution in [0.15, 0.2) is 0 Å². The highest BCUT2D eigenvalue weighted by Gasteiger charge is 2.32. The first-order chi connectivity index (χ1) is 7.30. The van der Waals surface area contributed by atoms with Crippen LogP contribution in [0.2, 0.25) is 0 Å². The fraction of sp³-hybridized carbons (Fsp3) is 0.917. The van der Waals surface area contributed by atoms with Crippen molar-refractivity contribution < 1.29 is 9.53 Å². The Bertz CT molecular complexity index is 246. The van der Waals surface area contributed by atoms with Gasteiger partial charge < -0.3 is 14.5 Å². The number of hydrogen-bond acceptors (Lipinski definition) is 3. The second-order valence-corrected chi connectivity index (χ2v) is 5.80. The number of likely N-dealkylation sites (N-methyl/N-ethyl adjacent to an activating group) is 1. The molecule has 1 rings (SSSR count).